The van der Waals surface area contributed by atoms with Gasteiger partial charge in [0.15, 0.2) is 0 Å². The molecule has 1 atom stereocenters. The molecule has 0 aromatic heterocycles. The van der Waals surface area contributed by atoms with E-state index in [1.165, 1.54) is 14.0 Å². The van der Waals surface area contributed by atoms with Crippen LogP contribution >= 0.6 is 0 Å². The first kappa shape index (κ1) is 9.14. The third-order valence-electron chi connectivity index (χ3n) is 1.20. The Balaban J connectivity index is 3.72. The van der Waals surface area contributed by atoms with Crippen molar-refractivity contribution in [3.63, 3.8) is 0 Å². The van der Waals surface area contributed by atoms with Gasteiger partial charge in [-0.2, -0.15) is 0 Å². The summed E-state index contributed by atoms with van der Waals surface area (Å²) in [4.78, 5) is 21.1. The fourth-order valence-corrected chi connectivity index (χ4v) is 0.716. The zero-order valence-corrected chi connectivity index (χ0v) is 6.51. The second kappa shape index (κ2) is 4.04. The first-order valence-electron chi connectivity index (χ1n) is 3.15. The van der Waals surface area contributed by atoms with Gasteiger partial charge in [-0.15, -0.1) is 0 Å². The van der Waals surface area contributed by atoms with Gasteiger partial charge in [-0.3, -0.25) is 4.79 Å². The molecule has 0 amide bonds. The van der Waals surface area contributed by atoms with E-state index in [4.69, 9.17) is 0 Å². The predicted octanol–water partition coefficient (Wildman–Crippen LogP) is 0.775. The van der Waals surface area contributed by atoms with Crippen LogP contribution in [0.25, 0.3) is 0 Å². The maximum Gasteiger partial charge on any atom is 0.308 e. The number of ether oxygens (including phenoxy) is 1. The summed E-state index contributed by atoms with van der Waals surface area (Å²) < 4.78 is 4.42. The Kier molecular flexibility index (Phi) is 3.69. The van der Waals surface area contributed by atoms with E-state index in [0.717, 1.165) is 0 Å². The van der Waals surface area contributed by atoms with Gasteiger partial charge in [-0.25, -0.2) is 0 Å². The average Bonchev–Trinajstić information content (AvgIpc) is 1.85. The maximum atomic E-state index is 10.7. The number of hydrogen-bond donors (Lipinski definition) is 0. The lowest BCUT2D eigenvalue weighted by Crippen LogP contribution is -2.15. The van der Waals surface area contributed by atoms with Crippen molar-refractivity contribution in [2.24, 2.45) is 5.92 Å². The topological polar surface area (TPSA) is 43.4 Å². The fraction of sp³-hybridized carbons (Fsp3) is 0.714. The van der Waals surface area contributed by atoms with Crippen LogP contribution in [0.1, 0.15) is 20.3 Å². The summed E-state index contributed by atoms with van der Waals surface area (Å²) in [6, 6.07) is 0. The van der Waals surface area contributed by atoms with E-state index in [1.807, 2.05) is 0 Å². The second-order valence-electron chi connectivity index (χ2n) is 2.33. The Hall–Kier alpha value is -0.860. The number of carbonyl (C=O) groups is 2. The molecule has 3 heteroatoms. The van der Waals surface area contributed by atoms with Gasteiger partial charge in [0, 0.05) is 6.42 Å². The zero-order chi connectivity index (χ0) is 8.15. The lowest BCUT2D eigenvalue weighted by molar-refractivity contribution is -0.146. The van der Waals surface area contributed by atoms with Crippen LogP contribution in [0.4, 0.5) is 0 Å². The van der Waals surface area contributed by atoms with Gasteiger partial charge in [-0.05, 0) is 6.92 Å². The van der Waals surface area contributed by atoms with E-state index in [9.17, 15) is 9.59 Å². The molecular formula is C7H12O3. The number of carbonyl (C=O) groups excluding carboxylic acids is 2. The highest BCUT2D eigenvalue weighted by Crippen LogP contribution is 2.03. The van der Waals surface area contributed by atoms with Crippen LogP contribution in [0.5, 0.6) is 0 Å². The van der Waals surface area contributed by atoms with Crippen LogP contribution in [-0.2, 0) is 14.3 Å². The number of Topliss-reactive ketones (excluding diaryl/α,β-unsaturated/α-hetero) is 1. The van der Waals surface area contributed by atoms with Crippen LogP contribution in [0.3, 0.4) is 0 Å². The minimum atomic E-state index is -0.324. The molecule has 0 N–H and O–H groups in total. The first-order chi connectivity index (χ1) is 4.57. The minimum absolute atomic E-state index is 0.0119. The largest absolute Gasteiger partial charge is 0.469 e. The molecule has 0 heterocycles. The number of rotatable bonds is 3. The van der Waals surface area contributed by atoms with Gasteiger partial charge < -0.3 is 9.53 Å². The Morgan fingerprint density at radius 3 is 2.30 bits per heavy atom. The quantitative estimate of drug-likeness (QED) is 0.549. The molecule has 0 saturated heterocycles. The minimum Gasteiger partial charge on any atom is -0.469 e. The summed E-state index contributed by atoms with van der Waals surface area (Å²) in [7, 11) is 1.32. The normalized spacial score (nSPS) is 12.3. The summed E-state index contributed by atoms with van der Waals surface area (Å²) in [5.74, 6) is -0.615. The van der Waals surface area contributed by atoms with Gasteiger partial charge in [0.05, 0.1) is 13.0 Å². The molecule has 10 heavy (non-hydrogen) atoms. The number of hydrogen-bond acceptors (Lipinski definition) is 3. The molecule has 0 aromatic carbocycles. The van der Waals surface area contributed by atoms with Crippen LogP contribution in [-0.4, -0.2) is 18.9 Å². The van der Waals surface area contributed by atoms with Gasteiger partial charge in [0.25, 0.3) is 0 Å². The molecule has 0 saturated carbocycles. The maximum absolute atomic E-state index is 10.7. The molecule has 0 unspecified atom stereocenters. The van der Waals surface area contributed by atoms with Crippen molar-refractivity contribution in [2.75, 3.05) is 7.11 Å². The molecule has 0 aliphatic rings. The molecule has 0 rings (SSSR count). The highest BCUT2D eigenvalue weighted by atomic mass is 16.5. The van der Waals surface area contributed by atoms with Crippen LogP contribution in [0, 0.1) is 5.92 Å². The molecule has 0 aromatic rings. The van der Waals surface area contributed by atoms with Crippen molar-refractivity contribution >= 4 is 11.8 Å². The Labute approximate surface area is 60.4 Å². The Morgan fingerprint density at radius 2 is 2.00 bits per heavy atom. The summed E-state index contributed by atoms with van der Waals surface area (Å²) in [5, 5.41) is 0. The van der Waals surface area contributed by atoms with Gasteiger partial charge in [-0.1, -0.05) is 6.92 Å². The van der Waals surface area contributed by atoms with E-state index < -0.39 is 0 Å². The number of esters is 1. The lowest BCUT2D eigenvalue weighted by Gasteiger charge is -2.04. The lowest BCUT2D eigenvalue weighted by atomic mass is 10.1. The third kappa shape index (κ3) is 3.22. The van der Waals surface area contributed by atoms with Crippen molar-refractivity contribution < 1.29 is 14.3 Å². The highest BCUT2D eigenvalue weighted by molar-refractivity contribution is 5.82. The van der Waals surface area contributed by atoms with Crippen molar-refractivity contribution in [1.82, 2.24) is 0 Å². The predicted molar refractivity (Wildman–Crippen MR) is 36.5 cm³/mol. The Bertz CT molecular complexity index is 140. The fourth-order valence-electron chi connectivity index (χ4n) is 0.716. The van der Waals surface area contributed by atoms with Crippen molar-refractivity contribution in [3.05, 3.63) is 0 Å². The van der Waals surface area contributed by atoms with E-state index in [1.54, 1.807) is 6.92 Å². The summed E-state index contributed by atoms with van der Waals surface area (Å²) in [6.45, 7) is 3.13. The SMILES string of the molecule is COC(=O)[C@@H](C)CC(C)=O. The van der Waals surface area contributed by atoms with Gasteiger partial charge in [0.2, 0.25) is 0 Å². The van der Waals surface area contributed by atoms with Crippen LogP contribution in [0.2, 0.25) is 0 Å². The second-order valence-corrected chi connectivity index (χ2v) is 2.33. The summed E-state index contributed by atoms with van der Waals surface area (Å²) in [5.41, 5.74) is 0. The van der Waals surface area contributed by atoms with E-state index in [-0.39, 0.29) is 24.1 Å². The monoisotopic (exact) mass is 144 g/mol. The first-order valence-corrected chi connectivity index (χ1v) is 3.15. The summed E-state index contributed by atoms with van der Waals surface area (Å²) in [6.07, 6.45) is 0.271. The van der Waals surface area contributed by atoms with Gasteiger partial charge >= 0.3 is 5.97 Å². The van der Waals surface area contributed by atoms with E-state index in [0.29, 0.717) is 0 Å². The van der Waals surface area contributed by atoms with Crippen molar-refractivity contribution in [3.8, 4) is 0 Å². The highest BCUT2D eigenvalue weighted by Gasteiger charge is 2.14. The van der Waals surface area contributed by atoms with E-state index in [2.05, 4.69) is 4.74 Å². The number of ketones is 1. The molecule has 0 aliphatic carbocycles. The molecule has 58 valence electrons. The molecule has 3 nitrogen and oxygen atoms in total. The van der Waals surface area contributed by atoms with Crippen molar-refractivity contribution in [1.29, 1.82) is 0 Å². The zero-order valence-electron chi connectivity index (χ0n) is 6.51. The summed E-state index contributed by atoms with van der Waals surface area (Å²) >= 11 is 0. The molecular weight excluding hydrogens is 132 g/mol. The van der Waals surface area contributed by atoms with E-state index >= 15 is 0 Å². The average molecular weight is 144 g/mol. The smallest absolute Gasteiger partial charge is 0.308 e. The number of methoxy groups -OCH3 is 1. The standard InChI is InChI=1S/C7H12O3/c1-5(4-6(2)8)7(9)10-3/h5H,4H2,1-3H3/t5-/m0/s1. The Morgan fingerprint density at radius 1 is 1.50 bits per heavy atom. The molecule has 0 fully saturated rings. The molecule has 0 radical (unpaired) electrons. The molecule has 0 spiro atoms. The van der Waals surface area contributed by atoms with Crippen molar-refractivity contribution in [2.45, 2.75) is 20.3 Å². The third-order valence-corrected chi connectivity index (χ3v) is 1.20. The van der Waals surface area contributed by atoms with Crippen LogP contribution < -0.4 is 0 Å². The molecule has 0 aliphatic heterocycles. The molecule has 0 bridgehead atoms. The van der Waals surface area contributed by atoms with Gasteiger partial charge in [0.1, 0.15) is 5.78 Å². The van der Waals surface area contributed by atoms with Crippen LogP contribution in [0.15, 0.2) is 0 Å².